The number of benzene rings is 2. The van der Waals surface area contributed by atoms with Crippen molar-refractivity contribution in [2.24, 2.45) is 0 Å². The number of hydrogen-bond acceptors (Lipinski definition) is 3. The molecule has 0 fully saturated rings. The topological polar surface area (TPSA) is 78.4 Å². The zero-order chi connectivity index (χ0) is 17.0. The molecule has 0 aliphatic heterocycles. The van der Waals surface area contributed by atoms with Crippen LogP contribution in [0.5, 0.6) is 0 Å². The van der Waals surface area contributed by atoms with Crippen LogP contribution < -0.4 is 10.6 Å². The highest BCUT2D eigenvalue weighted by Crippen LogP contribution is 2.21. The summed E-state index contributed by atoms with van der Waals surface area (Å²) in [7, 11) is 0. The summed E-state index contributed by atoms with van der Waals surface area (Å²) in [4.78, 5) is 23.0. The van der Waals surface area contributed by atoms with Crippen LogP contribution in [0, 0.1) is 6.92 Å². The summed E-state index contributed by atoms with van der Waals surface area (Å²) in [6.45, 7) is 1.83. The Morgan fingerprint density at radius 3 is 2.43 bits per heavy atom. The van der Waals surface area contributed by atoms with Gasteiger partial charge in [0.05, 0.1) is 10.6 Å². The zero-order valence-electron chi connectivity index (χ0n) is 12.1. The second kappa shape index (κ2) is 7.21. The van der Waals surface area contributed by atoms with Crippen molar-refractivity contribution < 1.29 is 14.7 Å². The van der Waals surface area contributed by atoms with E-state index < -0.39 is 5.97 Å². The van der Waals surface area contributed by atoms with E-state index in [4.69, 9.17) is 28.9 Å². The van der Waals surface area contributed by atoms with E-state index in [-0.39, 0.29) is 21.6 Å². The molecule has 0 saturated heterocycles. The molecular weight excluding hydrogens is 336 g/mol. The van der Waals surface area contributed by atoms with Gasteiger partial charge in [-0.05, 0) is 49.0 Å². The number of nitrogens with one attached hydrogen (secondary N) is 2. The van der Waals surface area contributed by atoms with Crippen molar-refractivity contribution in [2.75, 3.05) is 5.32 Å². The number of carboxylic acid groups (broad SMARTS) is 1. The summed E-state index contributed by atoms with van der Waals surface area (Å²) >= 11 is 11.0. The highest BCUT2D eigenvalue weighted by Gasteiger charge is 2.12. The van der Waals surface area contributed by atoms with Gasteiger partial charge in [0.2, 0.25) is 0 Å². The predicted molar refractivity (Wildman–Crippen MR) is 93.3 cm³/mol. The molecule has 118 valence electrons. The molecule has 23 heavy (non-hydrogen) atoms. The molecule has 2 rings (SSSR count). The van der Waals surface area contributed by atoms with Crippen LogP contribution >= 0.6 is 23.8 Å². The van der Waals surface area contributed by atoms with Crippen LogP contribution in [-0.2, 0) is 0 Å². The first-order chi connectivity index (χ1) is 10.9. The molecule has 3 N–H and O–H groups in total. The van der Waals surface area contributed by atoms with Crippen molar-refractivity contribution in [2.45, 2.75) is 6.92 Å². The zero-order valence-corrected chi connectivity index (χ0v) is 13.7. The highest BCUT2D eigenvalue weighted by atomic mass is 35.5. The van der Waals surface area contributed by atoms with Crippen molar-refractivity contribution in [3.05, 3.63) is 64.2 Å². The number of thiocarbonyl (C=S) groups is 1. The lowest BCUT2D eigenvalue weighted by Crippen LogP contribution is -2.34. The number of amides is 1. The van der Waals surface area contributed by atoms with Crippen LogP contribution in [-0.4, -0.2) is 22.1 Å². The van der Waals surface area contributed by atoms with Gasteiger partial charge in [-0.1, -0.05) is 29.8 Å². The second-order valence-corrected chi connectivity index (χ2v) is 5.54. The summed E-state index contributed by atoms with van der Waals surface area (Å²) in [6, 6.07) is 11.4. The van der Waals surface area contributed by atoms with Gasteiger partial charge in [-0.3, -0.25) is 10.1 Å². The van der Waals surface area contributed by atoms with Crippen LogP contribution in [0.2, 0.25) is 5.02 Å². The van der Waals surface area contributed by atoms with Crippen LogP contribution in [0.15, 0.2) is 42.5 Å². The molecule has 0 atom stereocenters. The Morgan fingerprint density at radius 2 is 1.83 bits per heavy atom. The fraction of sp³-hybridized carbons (Fsp3) is 0.0625. The maximum absolute atomic E-state index is 12.1. The van der Waals surface area contributed by atoms with Gasteiger partial charge < -0.3 is 10.4 Å². The first-order valence-electron chi connectivity index (χ1n) is 6.59. The quantitative estimate of drug-likeness (QED) is 0.740. The van der Waals surface area contributed by atoms with Crippen LogP contribution in [0.25, 0.3) is 0 Å². The van der Waals surface area contributed by atoms with E-state index >= 15 is 0 Å². The van der Waals surface area contributed by atoms with E-state index in [2.05, 4.69) is 10.6 Å². The molecule has 0 aliphatic rings. The minimum Gasteiger partial charge on any atom is -0.478 e. The predicted octanol–water partition coefficient (Wildman–Crippen LogP) is 3.47. The molecule has 0 saturated carbocycles. The molecule has 0 aromatic heterocycles. The maximum Gasteiger partial charge on any atom is 0.337 e. The first kappa shape index (κ1) is 16.9. The molecule has 0 heterocycles. The molecule has 0 aliphatic carbocycles. The molecule has 1 amide bonds. The lowest BCUT2D eigenvalue weighted by Gasteiger charge is -2.11. The van der Waals surface area contributed by atoms with Gasteiger partial charge in [-0.25, -0.2) is 4.79 Å². The second-order valence-electron chi connectivity index (χ2n) is 4.72. The van der Waals surface area contributed by atoms with Gasteiger partial charge in [-0.2, -0.15) is 0 Å². The van der Waals surface area contributed by atoms with E-state index in [0.29, 0.717) is 11.3 Å². The number of anilines is 1. The smallest absolute Gasteiger partial charge is 0.337 e. The van der Waals surface area contributed by atoms with E-state index in [1.165, 1.54) is 18.2 Å². The van der Waals surface area contributed by atoms with E-state index in [0.717, 1.165) is 5.56 Å². The fourth-order valence-corrected chi connectivity index (χ4v) is 2.40. The monoisotopic (exact) mass is 348 g/mol. The number of carboxylic acids is 1. The first-order valence-corrected chi connectivity index (χ1v) is 7.38. The number of carbonyl (C=O) groups excluding carboxylic acids is 1. The van der Waals surface area contributed by atoms with Gasteiger partial charge >= 0.3 is 5.97 Å². The lowest BCUT2D eigenvalue weighted by molar-refractivity contribution is 0.0697. The minimum absolute atomic E-state index is 0.00733. The number of halogens is 1. The van der Waals surface area contributed by atoms with E-state index in [1.54, 1.807) is 12.1 Å². The normalized spacial score (nSPS) is 10.0. The third-order valence-electron chi connectivity index (χ3n) is 3.07. The van der Waals surface area contributed by atoms with Crippen molar-refractivity contribution in [3.63, 3.8) is 0 Å². The number of carbonyl (C=O) groups is 2. The van der Waals surface area contributed by atoms with Crippen LogP contribution in [0.1, 0.15) is 26.3 Å². The number of hydrogen-bond donors (Lipinski definition) is 3. The standard InChI is InChI=1S/C16H13ClN2O3S/c1-9-4-2-3-5-11(9)14(20)19-16(23)18-10-6-7-12(15(21)22)13(17)8-10/h2-8H,1H3,(H,21,22)(H2,18,19,20,23). The van der Waals surface area contributed by atoms with Gasteiger partial charge in [0.25, 0.3) is 5.91 Å². The van der Waals surface area contributed by atoms with E-state index in [9.17, 15) is 9.59 Å². The summed E-state index contributed by atoms with van der Waals surface area (Å²) in [5.41, 5.74) is 1.83. The Hall–Kier alpha value is -2.44. The average molecular weight is 349 g/mol. The molecule has 0 radical (unpaired) electrons. The molecule has 0 bridgehead atoms. The van der Waals surface area contributed by atoms with Gasteiger partial charge in [0.1, 0.15) is 0 Å². The Morgan fingerprint density at radius 1 is 1.13 bits per heavy atom. The summed E-state index contributed by atoms with van der Waals surface area (Å²) in [6.07, 6.45) is 0. The van der Waals surface area contributed by atoms with Gasteiger partial charge in [0.15, 0.2) is 5.11 Å². The molecule has 2 aromatic carbocycles. The maximum atomic E-state index is 12.1. The number of rotatable bonds is 3. The molecule has 7 heteroatoms. The molecule has 5 nitrogen and oxygen atoms in total. The minimum atomic E-state index is -1.11. The third kappa shape index (κ3) is 4.28. The van der Waals surface area contributed by atoms with Crippen molar-refractivity contribution in [1.82, 2.24) is 5.32 Å². The summed E-state index contributed by atoms with van der Waals surface area (Å²) in [5, 5.41) is 14.5. The summed E-state index contributed by atoms with van der Waals surface area (Å²) < 4.78 is 0. The number of aryl methyl sites for hydroxylation is 1. The Labute approximate surface area is 143 Å². The Kier molecular flexibility index (Phi) is 5.31. The average Bonchev–Trinajstić information content (AvgIpc) is 2.47. The fourth-order valence-electron chi connectivity index (χ4n) is 1.93. The summed E-state index contributed by atoms with van der Waals surface area (Å²) in [5.74, 6) is -1.44. The third-order valence-corrected chi connectivity index (χ3v) is 3.59. The number of aromatic carboxylic acids is 1. The molecule has 2 aromatic rings. The lowest BCUT2D eigenvalue weighted by atomic mass is 10.1. The largest absolute Gasteiger partial charge is 0.478 e. The molecular formula is C16H13ClN2O3S. The molecule has 0 unspecified atom stereocenters. The van der Waals surface area contributed by atoms with Crippen molar-refractivity contribution in [1.29, 1.82) is 0 Å². The van der Waals surface area contributed by atoms with Crippen molar-refractivity contribution in [3.8, 4) is 0 Å². The van der Waals surface area contributed by atoms with Crippen LogP contribution in [0.3, 0.4) is 0 Å². The molecule has 0 spiro atoms. The Bertz CT molecular complexity index is 793. The SMILES string of the molecule is Cc1ccccc1C(=O)NC(=S)Nc1ccc(C(=O)O)c(Cl)c1. The van der Waals surface area contributed by atoms with E-state index in [1.807, 2.05) is 19.1 Å². The Balaban J connectivity index is 2.05. The van der Waals surface area contributed by atoms with Gasteiger partial charge in [-0.15, -0.1) is 0 Å². The van der Waals surface area contributed by atoms with Gasteiger partial charge in [0, 0.05) is 11.3 Å². The van der Waals surface area contributed by atoms with Crippen molar-refractivity contribution >= 4 is 46.5 Å². The highest BCUT2D eigenvalue weighted by molar-refractivity contribution is 7.80. The van der Waals surface area contributed by atoms with Crippen LogP contribution in [0.4, 0.5) is 5.69 Å².